The van der Waals surface area contributed by atoms with Crippen molar-refractivity contribution >= 4 is 0 Å². The fraction of sp³-hybridized carbons (Fsp3) is 1.00. The van der Waals surface area contributed by atoms with E-state index in [1.807, 2.05) is 0 Å². The van der Waals surface area contributed by atoms with Crippen molar-refractivity contribution in [3.05, 3.63) is 0 Å². The van der Waals surface area contributed by atoms with Gasteiger partial charge < -0.3 is 5.11 Å². The maximum atomic E-state index is 12.6. The molecule has 0 aromatic rings. The van der Waals surface area contributed by atoms with E-state index in [1.165, 1.54) is 0 Å². The van der Waals surface area contributed by atoms with Crippen molar-refractivity contribution in [1.82, 2.24) is 0 Å². The minimum atomic E-state index is -7.41. The highest BCUT2D eigenvalue weighted by Gasteiger charge is 2.84. The van der Waals surface area contributed by atoms with Gasteiger partial charge in [0.1, 0.15) is 0 Å². The lowest BCUT2D eigenvalue weighted by Crippen LogP contribution is -2.65. The Kier molecular flexibility index (Phi) is 4.92. The summed E-state index contributed by atoms with van der Waals surface area (Å²) in [5.41, 5.74) is 0. The SMILES string of the molecule is OC(C(F)F)C(F)C(F)(F)C(F)(F)C(F)(F)C(F)(F)F. The summed E-state index contributed by atoms with van der Waals surface area (Å²) in [5.74, 6) is -21.7. The van der Waals surface area contributed by atoms with E-state index in [1.54, 1.807) is 0 Å². The van der Waals surface area contributed by atoms with Crippen LogP contribution in [0.2, 0.25) is 0 Å². The van der Waals surface area contributed by atoms with Crippen LogP contribution in [0.15, 0.2) is 0 Å². The minimum Gasteiger partial charge on any atom is -0.384 e. The summed E-state index contributed by atoms with van der Waals surface area (Å²) in [6, 6.07) is 0. The number of alkyl halides is 12. The second-order valence-electron chi connectivity index (χ2n) is 3.50. The maximum Gasteiger partial charge on any atom is 0.460 e. The van der Waals surface area contributed by atoms with E-state index >= 15 is 0 Å². The van der Waals surface area contributed by atoms with Crippen molar-refractivity contribution in [3.8, 4) is 0 Å². The second-order valence-corrected chi connectivity index (χ2v) is 3.50. The highest BCUT2D eigenvalue weighted by atomic mass is 19.4. The molecule has 0 rings (SSSR count). The Labute approximate surface area is 102 Å². The molecule has 0 heterocycles. The zero-order valence-electron chi connectivity index (χ0n) is 8.71. The average Bonchev–Trinajstić information content (AvgIpc) is 2.24. The molecule has 0 aromatic carbocycles. The highest BCUT2D eigenvalue weighted by Crippen LogP contribution is 2.54. The Morgan fingerprint density at radius 2 is 1.00 bits per heavy atom. The molecule has 2 unspecified atom stereocenters. The summed E-state index contributed by atoms with van der Waals surface area (Å²) in [6.07, 6.45) is -20.8. The van der Waals surface area contributed by atoms with Gasteiger partial charge in [-0.15, -0.1) is 0 Å². The first-order valence-electron chi connectivity index (χ1n) is 4.32. The van der Waals surface area contributed by atoms with Gasteiger partial charge in [-0.1, -0.05) is 0 Å². The van der Waals surface area contributed by atoms with E-state index in [9.17, 15) is 52.7 Å². The standard InChI is InChI=1S/C7H4F12O/c8-2(1(20)3(9)10)4(11,12)5(13,14)6(15,16)7(17,18)19/h1-3,20H. The predicted molar refractivity (Wildman–Crippen MR) is 37.8 cm³/mol. The maximum absolute atomic E-state index is 12.6. The molecule has 13 heteroatoms. The quantitative estimate of drug-likeness (QED) is 0.765. The monoisotopic (exact) mass is 332 g/mol. The Bertz CT molecular complexity index is 333. The number of aliphatic hydroxyl groups is 1. The Balaban J connectivity index is 5.69. The molecule has 0 radical (unpaired) electrons. The zero-order chi connectivity index (χ0) is 16.7. The third kappa shape index (κ3) is 2.76. The van der Waals surface area contributed by atoms with E-state index in [0.717, 1.165) is 0 Å². The first kappa shape index (κ1) is 19.1. The van der Waals surface area contributed by atoms with E-state index in [4.69, 9.17) is 5.11 Å². The zero-order valence-corrected chi connectivity index (χ0v) is 8.71. The van der Waals surface area contributed by atoms with Crippen LogP contribution >= 0.6 is 0 Å². The molecule has 0 aliphatic rings. The van der Waals surface area contributed by atoms with E-state index < -0.39 is 42.6 Å². The van der Waals surface area contributed by atoms with E-state index in [0.29, 0.717) is 0 Å². The highest BCUT2D eigenvalue weighted by molar-refractivity contribution is 5.05. The van der Waals surface area contributed by atoms with Gasteiger partial charge in [-0.05, 0) is 0 Å². The number of aliphatic hydroxyl groups excluding tert-OH is 1. The molecule has 20 heavy (non-hydrogen) atoms. The molecular formula is C7H4F12O. The molecular weight excluding hydrogens is 328 g/mol. The minimum absolute atomic E-state index is 4.18. The molecule has 2 atom stereocenters. The fourth-order valence-electron chi connectivity index (χ4n) is 0.903. The number of halogens is 12. The van der Waals surface area contributed by atoms with Gasteiger partial charge in [0.15, 0.2) is 6.10 Å². The van der Waals surface area contributed by atoms with E-state index in [-0.39, 0.29) is 0 Å². The van der Waals surface area contributed by atoms with Crippen molar-refractivity contribution in [2.24, 2.45) is 0 Å². The number of rotatable bonds is 5. The van der Waals surface area contributed by atoms with Gasteiger partial charge >= 0.3 is 23.9 Å². The summed E-state index contributed by atoms with van der Waals surface area (Å²) in [6.45, 7) is 0. The van der Waals surface area contributed by atoms with Crippen molar-refractivity contribution in [1.29, 1.82) is 0 Å². The van der Waals surface area contributed by atoms with Gasteiger partial charge in [-0.3, -0.25) is 0 Å². The molecule has 0 spiro atoms. The third-order valence-corrected chi connectivity index (χ3v) is 2.07. The van der Waals surface area contributed by atoms with Gasteiger partial charge in [0.05, 0.1) is 0 Å². The van der Waals surface area contributed by atoms with Crippen molar-refractivity contribution in [2.75, 3.05) is 0 Å². The van der Waals surface area contributed by atoms with Crippen molar-refractivity contribution in [2.45, 2.75) is 42.6 Å². The van der Waals surface area contributed by atoms with Crippen LogP contribution in [-0.2, 0) is 0 Å². The molecule has 0 saturated carbocycles. The van der Waals surface area contributed by atoms with Crippen molar-refractivity contribution < 1.29 is 57.8 Å². The van der Waals surface area contributed by atoms with Gasteiger partial charge in [0.2, 0.25) is 6.17 Å². The van der Waals surface area contributed by atoms with Crippen LogP contribution in [-0.4, -0.2) is 47.8 Å². The van der Waals surface area contributed by atoms with Crippen LogP contribution in [0, 0.1) is 0 Å². The predicted octanol–water partition coefficient (Wildman–Crippen LogP) is 3.42. The van der Waals surface area contributed by atoms with Crippen molar-refractivity contribution in [3.63, 3.8) is 0 Å². The smallest absolute Gasteiger partial charge is 0.384 e. The topological polar surface area (TPSA) is 20.2 Å². The molecule has 0 saturated heterocycles. The molecule has 0 aliphatic heterocycles. The molecule has 1 nitrogen and oxygen atoms in total. The summed E-state index contributed by atoms with van der Waals surface area (Å²) < 4.78 is 145. The molecule has 1 N–H and O–H groups in total. The lowest BCUT2D eigenvalue weighted by molar-refractivity contribution is -0.406. The largest absolute Gasteiger partial charge is 0.460 e. The Morgan fingerprint density at radius 3 is 1.25 bits per heavy atom. The lowest BCUT2D eigenvalue weighted by Gasteiger charge is -2.36. The van der Waals surface area contributed by atoms with E-state index in [2.05, 4.69) is 0 Å². The van der Waals surface area contributed by atoms with Gasteiger partial charge in [0, 0.05) is 0 Å². The van der Waals surface area contributed by atoms with Gasteiger partial charge in [-0.2, -0.15) is 39.5 Å². The first-order chi connectivity index (χ1) is 8.51. The molecule has 0 fully saturated rings. The first-order valence-corrected chi connectivity index (χ1v) is 4.32. The summed E-state index contributed by atoms with van der Waals surface area (Å²) in [7, 11) is 0. The van der Waals surface area contributed by atoms with Crippen LogP contribution in [0.25, 0.3) is 0 Å². The molecule has 0 aromatic heterocycles. The van der Waals surface area contributed by atoms with Crippen LogP contribution in [0.1, 0.15) is 0 Å². The average molecular weight is 332 g/mol. The summed E-state index contributed by atoms with van der Waals surface area (Å²) in [5, 5.41) is 8.10. The Hall–Kier alpha value is -0.880. The lowest BCUT2D eigenvalue weighted by atomic mass is 9.97. The molecule has 122 valence electrons. The third-order valence-electron chi connectivity index (χ3n) is 2.07. The summed E-state index contributed by atoms with van der Waals surface area (Å²) >= 11 is 0. The second kappa shape index (κ2) is 5.15. The van der Waals surface area contributed by atoms with Gasteiger partial charge in [0.25, 0.3) is 6.43 Å². The molecule has 0 amide bonds. The number of hydrogen-bond acceptors (Lipinski definition) is 1. The normalized spacial score (nSPS) is 18.3. The Morgan fingerprint density at radius 1 is 0.650 bits per heavy atom. The van der Waals surface area contributed by atoms with Gasteiger partial charge in [-0.25, -0.2) is 13.2 Å². The fourth-order valence-corrected chi connectivity index (χ4v) is 0.903. The summed E-state index contributed by atoms with van der Waals surface area (Å²) in [4.78, 5) is 0. The molecule has 0 aliphatic carbocycles. The molecule has 0 bridgehead atoms. The number of hydrogen-bond donors (Lipinski definition) is 1. The van der Waals surface area contributed by atoms with Crippen LogP contribution in [0.5, 0.6) is 0 Å². The van der Waals surface area contributed by atoms with Crippen LogP contribution in [0.3, 0.4) is 0 Å². The van der Waals surface area contributed by atoms with Crippen LogP contribution < -0.4 is 0 Å². The van der Waals surface area contributed by atoms with Crippen LogP contribution in [0.4, 0.5) is 52.7 Å².